The molecule has 144 valence electrons. The summed E-state index contributed by atoms with van der Waals surface area (Å²) in [5.74, 6) is -0.285. The monoisotopic (exact) mass is 377 g/mol. The maximum absolute atomic E-state index is 13.6. The first-order valence-corrected chi connectivity index (χ1v) is 9.72. The molecule has 5 heteroatoms. The van der Waals surface area contributed by atoms with Gasteiger partial charge in [-0.25, -0.2) is 4.39 Å². The molecular formula is C23H24FN3O. The van der Waals surface area contributed by atoms with Gasteiger partial charge in [-0.1, -0.05) is 30.7 Å². The van der Waals surface area contributed by atoms with Crippen LogP contribution in [0.4, 0.5) is 4.39 Å². The zero-order chi connectivity index (χ0) is 19.4. The number of pyridine rings is 2. The minimum absolute atomic E-state index is 0.285. The Labute approximate surface area is 164 Å². The highest BCUT2D eigenvalue weighted by atomic mass is 19.1. The Kier molecular flexibility index (Phi) is 5.46. The summed E-state index contributed by atoms with van der Waals surface area (Å²) in [6.45, 7) is 1.76. The average molecular weight is 377 g/mol. The molecule has 0 aliphatic carbocycles. The molecule has 1 aromatic carbocycles. The average Bonchev–Trinajstić information content (AvgIpc) is 2.77. The highest BCUT2D eigenvalue weighted by Crippen LogP contribution is 2.45. The van der Waals surface area contributed by atoms with Crippen molar-refractivity contribution in [2.24, 2.45) is 0 Å². The van der Waals surface area contributed by atoms with E-state index in [4.69, 9.17) is 0 Å². The van der Waals surface area contributed by atoms with Crippen molar-refractivity contribution < 1.29 is 9.50 Å². The van der Waals surface area contributed by atoms with E-state index in [1.165, 1.54) is 18.6 Å². The van der Waals surface area contributed by atoms with Gasteiger partial charge in [0.15, 0.2) is 0 Å². The molecule has 3 heterocycles. The molecule has 28 heavy (non-hydrogen) atoms. The fourth-order valence-corrected chi connectivity index (χ4v) is 4.20. The van der Waals surface area contributed by atoms with Crippen LogP contribution in [-0.2, 0) is 5.60 Å². The van der Waals surface area contributed by atoms with Crippen LogP contribution < -0.4 is 0 Å². The quantitative estimate of drug-likeness (QED) is 0.728. The van der Waals surface area contributed by atoms with E-state index in [0.29, 0.717) is 11.1 Å². The van der Waals surface area contributed by atoms with Crippen LogP contribution in [0.5, 0.6) is 0 Å². The molecule has 3 aromatic rings. The third-order valence-corrected chi connectivity index (χ3v) is 5.54. The third-order valence-electron chi connectivity index (χ3n) is 5.54. The third kappa shape index (κ3) is 3.55. The van der Waals surface area contributed by atoms with E-state index in [2.05, 4.69) is 14.9 Å². The van der Waals surface area contributed by atoms with Gasteiger partial charge in [-0.05, 0) is 55.8 Å². The summed E-state index contributed by atoms with van der Waals surface area (Å²) >= 11 is 0. The van der Waals surface area contributed by atoms with Gasteiger partial charge in [0.05, 0.1) is 6.04 Å². The Hall–Kier alpha value is -2.63. The van der Waals surface area contributed by atoms with Crippen LogP contribution in [-0.4, -0.2) is 33.1 Å². The molecule has 1 saturated heterocycles. The Morgan fingerprint density at radius 2 is 1.43 bits per heavy atom. The number of halogens is 1. The summed E-state index contributed by atoms with van der Waals surface area (Å²) in [5, 5.41) is 12.3. The van der Waals surface area contributed by atoms with Crippen LogP contribution in [0.1, 0.15) is 42.0 Å². The molecule has 0 spiro atoms. The highest BCUT2D eigenvalue weighted by Gasteiger charge is 2.45. The zero-order valence-corrected chi connectivity index (χ0v) is 15.7. The lowest BCUT2D eigenvalue weighted by molar-refractivity contribution is -0.0303. The molecule has 4 nitrogen and oxygen atoms in total. The van der Waals surface area contributed by atoms with Gasteiger partial charge in [0.25, 0.3) is 0 Å². The van der Waals surface area contributed by atoms with E-state index < -0.39 is 5.60 Å². The van der Waals surface area contributed by atoms with Crippen molar-refractivity contribution in [1.29, 1.82) is 0 Å². The Morgan fingerprint density at radius 3 is 1.93 bits per heavy atom. The summed E-state index contributed by atoms with van der Waals surface area (Å²) in [6, 6.07) is 13.5. The second-order valence-electron chi connectivity index (χ2n) is 7.30. The predicted octanol–water partition coefficient (Wildman–Crippen LogP) is 4.08. The van der Waals surface area contributed by atoms with Gasteiger partial charge in [-0.15, -0.1) is 0 Å². The van der Waals surface area contributed by atoms with E-state index in [-0.39, 0.29) is 11.9 Å². The Bertz CT molecular complexity index is 841. The number of aliphatic hydroxyl groups is 1. The van der Waals surface area contributed by atoms with Crippen LogP contribution in [0.15, 0.2) is 73.3 Å². The van der Waals surface area contributed by atoms with Gasteiger partial charge in [-0.3, -0.25) is 14.9 Å². The minimum Gasteiger partial charge on any atom is -0.378 e. The summed E-state index contributed by atoms with van der Waals surface area (Å²) in [6.07, 6.45) is 10.1. The summed E-state index contributed by atoms with van der Waals surface area (Å²) in [4.78, 5) is 10.8. The van der Waals surface area contributed by atoms with Crippen LogP contribution in [0, 0.1) is 5.82 Å². The number of hydrogen-bond acceptors (Lipinski definition) is 4. The number of piperidine rings is 1. The van der Waals surface area contributed by atoms with Crippen molar-refractivity contribution in [3.8, 4) is 0 Å². The van der Waals surface area contributed by atoms with E-state index in [1.54, 1.807) is 36.9 Å². The lowest BCUT2D eigenvalue weighted by Crippen LogP contribution is -2.47. The first-order valence-electron chi connectivity index (χ1n) is 9.72. The lowest BCUT2D eigenvalue weighted by atomic mass is 9.77. The number of benzene rings is 1. The molecule has 1 N–H and O–H groups in total. The molecule has 1 fully saturated rings. The van der Waals surface area contributed by atoms with Crippen molar-refractivity contribution in [2.75, 3.05) is 13.1 Å². The normalized spacial score (nSPS) is 16.6. The topological polar surface area (TPSA) is 49.3 Å². The van der Waals surface area contributed by atoms with Gasteiger partial charge in [0.1, 0.15) is 11.4 Å². The fourth-order valence-electron chi connectivity index (χ4n) is 4.20. The summed E-state index contributed by atoms with van der Waals surface area (Å²) in [7, 11) is 0. The SMILES string of the molecule is OC(c1cccnc1)(c1cccnc1)C(c1ccc(F)cc1)N1CCCCC1. The van der Waals surface area contributed by atoms with Gasteiger partial charge < -0.3 is 5.11 Å². The van der Waals surface area contributed by atoms with Gasteiger partial charge >= 0.3 is 0 Å². The van der Waals surface area contributed by atoms with Crippen LogP contribution >= 0.6 is 0 Å². The van der Waals surface area contributed by atoms with Crippen LogP contribution in [0.25, 0.3) is 0 Å². The van der Waals surface area contributed by atoms with E-state index >= 15 is 0 Å². The smallest absolute Gasteiger partial charge is 0.137 e. The number of rotatable bonds is 5. The molecule has 2 aromatic heterocycles. The van der Waals surface area contributed by atoms with Gasteiger partial charge in [0, 0.05) is 35.9 Å². The Balaban J connectivity index is 1.91. The maximum Gasteiger partial charge on any atom is 0.137 e. The highest BCUT2D eigenvalue weighted by molar-refractivity contribution is 5.39. The predicted molar refractivity (Wildman–Crippen MR) is 106 cm³/mol. The molecule has 1 atom stereocenters. The van der Waals surface area contributed by atoms with Gasteiger partial charge in [0.2, 0.25) is 0 Å². The van der Waals surface area contributed by atoms with Gasteiger partial charge in [-0.2, -0.15) is 0 Å². The number of likely N-dealkylation sites (tertiary alicyclic amines) is 1. The standard InChI is InChI=1S/C23H24FN3O/c24-21-10-8-18(9-11-21)22(27-14-2-1-3-15-27)23(28,19-6-4-12-25-16-19)20-7-5-13-26-17-20/h4-13,16-17,22,28H,1-3,14-15H2. The van der Waals surface area contributed by atoms with Crippen molar-refractivity contribution in [3.05, 3.63) is 95.8 Å². The molecule has 1 aliphatic heterocycles. The fraction of sp³-hybridized carbons (Fsp3) is 0.304. The minimum atomic E-state index is -1.36. The number of nitrogens with zero attached hydrogens (tertiary/aromatic N) is 3. The molecule has 4 rings (SSSR count). The molecular weight excluding hydrogens is 353 g/mol. The zero-order valence-electron chi connectivity index (χ0n) is 15.7. The number of aromatic nitrogens is 2. The van der Waals surface area contributed by atoms with Crippen molar-refractivity contribution in [3.63, 3.8) is 0 Å². The van der Waals surface area contributed by atoms with Crippen molar-refractivity contribution in [2.45, 2.75) is 30.9 Å². The second kappa shape index (κ2) is 8.17. The van der Waals surface area contributed by atoms with E-state index in [1.807, 2.05) is 24.3 Å². The molecule has 1 unspecified atom stereocenters. The largest absolute Gasteiger partial charge is 0.378 e. The molecule has 0 amide bonds. The molecule has 1 aliphatic rings. The summed E-state index contributed by atoms with van der Waals surface area (Å²) < 4.78 is 13.6. The van der Waals surface area contributed by atoms with E-state index in [0.717, 1.165) is 31.5 Å². The second-order valence-corrected chi connectivity index (χ2v) is 7.30. The Morgan fingerprint density at radius 1 is 0.857 bits per heavy atom. The van der Waals surface area contributed by atoms with Crippen molar-refractivity contribution >= 4 is 0 Å². The first-order chi connectivity index (χ1) is 13.7. The van der Waals surface area contributed by atoms with Crippen LogP contribution in [0.3, 0.4) is 0 Å². The van der Waals surface area contributed by atoms with Crippen molar-refractivity contribution in [1.82, 2.24) is 14.9 Å². The number of hydrogen-bond donors (Lipinski definition) is 1. The maximum atomic E-state index is 13.6. The lowest BCUT2D eigenvalue weighted by Gasteiger charge is -2.45. The molecule has 0 saturated carbocycles. The van der Waals surface area contributed by atoms with Crippen LogP contribution in [0.2, 0.25) is 0 Å². The molecule has 0 bridgehead atoms. The summed E-state index contributed by atoms with van der Waals surface area (Å²) in [5.41, 5.74) is 0.904. The first kappa shape index (κ1) is 18.7. The van der Waals surface area contributed by atoms with E-state index in [9.17, 15) is 9.50 Å². The molecule has 0 radical (unpaired) electrons.